The van der Waals surface area contributed by atoms with Gasteiger partial charge in [0.1, 0.15) is 0 Å². The molecule has 1 aliphatic carbocycles. The highest BCUT2D eigenvalue weighted by atomic mass is 79.9. The molecular weight excluding hydrogens is 378 g/mol. The largest absolute Gasteiger partial charge is 0.329 e. The number of Topliss-reactive ketones (excluding diaryl/α,β-unsaturated/α-hetero) is 1. The van der Waals surface area contributed by atoms with Crippen LogP contribution in [0.1, 0.15) is 42.2 Å². The van der Waals surface area contributed by atoms with E-state index in [1.807, 2.05) is 42.5 Å². The molecule has 0 saturated carbocycles. The highest BCUT2D eigenvalue weighted by Gasteiger charge is 2.38. The Bertz CT molecular complexity index is 872. The average molecular weight is 396 g/mol. The molecule has 1 heterocycles. The molecule has 0 bridgehead atoms. The van der Waals surface area contributed by atoms with Gasteiger partial charge in [-0.1, -0.05) is 64.5 Å². The third-order valence-corrected chi connectivity index (χ3v) is 5.81. The Labute approximate surface area is 155 Å². The molecule has 4 rings (SSSR count). The van der Waals surface area contributed by atoms with Gasteiger partial charge in [-0.15, -0.1) is 0 Å². The fourth-order valence-electron chi connectivity index (χ4n) is 3.94. The third kappa shape index (κ3) is 3.07. The molecular formula is C21H18BrNO2. The number of carbonyl (C=O) groups excluding carboxylic acids is 2. The van der Waals surface area contributed by atoms with Gasteiger partial charge in [-0.25, -0.2) is 0 Å². The number of hydrogen-bond acceptors (Lipinski definition) is 2. The molecule has 0 saturated heterocycles. The molecule has 0 fully saturated rings. The lowest BCUT2D eigenvalue weighted by Gasteiger charge is -2.34. The van der Waals surface area contributed by atoms with Gasteiger partial charge in [0.05, 0.1) is 0 Å². The molecule has 1 amide bonds. The van der Waals surface area contributed by atoms with E-state index in [1.165, 1.54) is 0 Å². The van der Waals surface area contributed by atoms with Crippen LogP contribution in [0, 0.1) is 0 Å². The first kappa shape index (κ1) is 16.3. The summed E-state index contributed by atoms with van der Waals surface area (Å²) in [5.74, 6) is 0.103. The molecule has 0 spiro atoms. The van der Waals surface area contributed by atoms with Crippen molar-refractivity contribution in [1.29, 1.82) is 0 Å². The molecule has 0 radical (unpaired) electrons. The molecule has 2 unspecified atom stereocenters. The van der Waals surface area contributed by atoms with E-state index >= 15 is 0 Å². The fraction of sp³-hybridized carbons (Fsp3) is 0.238. The molecule has 2 aliphatic rings. The molecule has 25 heavy (non-hydrogen) atoms. The smallest absolute Gasteiger partial charge is 0.225 e. The monoisotopic (exact) mass is 395 g/mol. The number of hydrogen-bond donors (Lipinski definition) is 1. The summed E-state index contributed by atoms with van der Waals surface area (Å²) in [4.78, 5) is 25.3. The van der Waals surface area contributed by atoms with Gasteiger partial charge in [0.25, 0.3) is 0 Å². The molecule has 1 aliphatic heterocycles. The van der Waals surface area contributed by atoms with Gasteiger partial charge in [0, 0.05) is 34.5 Å². The number of ketones is 1. The van der Waals surface area contributed by atoms with Crippen molar-refractivity contribution in [1.82, 2.24) is 5.32 Å². The van der Waals surface area contributed by atoms with Gasteiger partial charge in [-0.2, -0.15) is 0 Å². The lowest BCUT2D eigenvalue weighted by molar-refractivity contribution is -0.122. The summed E-state index contributed by atoms with van der Waals surface area (Å²) < 4.78 is 0.944. The van der Waals surface area contributed by atoms with Crippen LogP contribution in [0.25, 0.3) is 0 Å². The summed E-state index contributed by atoms with van der Waals surface area (Å²) in [5, 5.41) is 2.97. The molecule has 0 aromatic heterocycles. The number of rotatable bonds is 2. The summed E-state index contributed by atoms with van der Waals surface area (Å²) >= 11 is 3.57. The summed E-state index contributed by atoms with van der Waals surface area (Å²) in [7, 11) is 0. The Kier molecular flexibility index (Phi) is 4.30. The standard InChI is InChI=1S/C21H18BrNO2/c22-17-9-5-4-8-15(17)16-12-20(25)23-18-10-14(11-19(24)21(16)18)13-6-2-1-3-7-13/h1-9,14,16H,10-12H2,(H,23,25). The molecule has 2 aromatic rings. The molecule has 4 heteroatoms. The van der Waals surface area contributed by atoms with Crippen LogP contribution in [0.4, 0.5) is 0 Å². The normalized spacial score (nSPS) is 23.2. The van der Waals surface area contributed by atoms with E-state index in [0.717, 1.165) is 26.9 Å². The number of benzene rings is 2. The highest BCUT2D eigenvalue weighted by Crippen LogP contribution is 2.43. The van der Waals surface area contributed by atoms with Crippen LogP contribution in [-0.4, -0.2) is 11.7 Å². The van der Waals surface area contributed by atoms with Gasteiger partial charge in [0.15, 0.2) is 5.78 Å². The van der Waals surface area contributed by atoms with Gasteiger partial charge < -0.3 is 5.32 Å². The second kappa shape index (κ2) is 6.60. The summed E-state index contributed by atoms with van der Waals surface area (Å²) in [6.07, 6.45) is 1.53. The van der Waals surface area contributed by atoms with Crippen molar-refractivity contribution >= 4 is 27.6 Å². The maximum absolute atomic E-state index is 13.0. The molecule has 2 atom stereocenters. The molecule has 2 aromatic carbocycles. The van der Waals surface area contributed by atoms with Crippen molar-refractivity contribution in [2.24, 2.45) is 0 Å². The average Bonchev–Trinajstić information content (AvgIpc) is 2.62. The molecule has 126 valence electrons. The predicted octanol–water partition coefficient (Wildman–Crippen LogP) is 4.45. The van der Waals surface area contributed by atoms with Crippen molar-refractivity contribution in [3.8, 4) is 0 Å². The summed E-state index contributed by atoms with van der Waals surface area (Å²) in [6, 6.07) is 17.9. The zero-order valence-electron chi connectivity index (χ0n) is 13.7. The Morgan fingerprint density at radius 2 is 1.60 bits per heavy atom. The van der Waals surface area contributed by atoms with Crippen molar-refractivity contribution in [2.75, 3.05) is 0 Å². The third-order valence-electron chi connectivity index (χ3n) is 5.09. The van der Waals surface area contributed by atoms with E-state index in [9.17, 15) is 9.59 Å². The lowest BCUT2D eigenvalue weighted by Crippen LogP contribution is -2.38. The summed E-state index contributed by atoms with van der Waals surface area (Å²) in [6.45, 7) is 0. The minimum atomic E-state index is -0.163. The van der Waals surface area contributed by atoms with Crippen LogP contribution < -0.4 is 5.32 Å². The predicted molar refractivity (Wildman–Crippen MR) is 100 cm³/mol. The second-order valence-corrected chi connectivity index (χ2v) is 7.51. The quantitative estimate of drug-likeness (QED) is 0.815. The van der Waals surface area contributed by atoms with Crippen LogP contribution >= 0.6 is 15.9 Å². The highest BCUT2D eigenvalue weighted by molar-refractivity contribution is 9.10. The zero-order chi connectivity index (χ0) is 17.4. The van der Waals surface area contributed by atoms with Gasteiger partial charge in [-0.3, -0.25) is 9.59 Å². The number of amides is 1. The Hall–Kier alpha value is -2.20. The SMILES string of the molecule is O=C1CC(c2ccccc2Br)C2=C(CC(c3ccccc3)CC2=O)N1. The van der Waals surface area contributed by atoms with Crippen LogP contribution in [0.3, 0.4) is 0 Å². The number of allylic oxidation sites excluding steroid dienone is 2. The van der Waals surface area contributed by atoms with E-state index in [-0.39, 0.29) is 23.5 Å². The molecule has 1 N–H and O–H groups in total. The number of nitrogens with one attached hydrogen (secondary N) is 1. The maximum atomic E-state index is 13.0. The van der Waals surface area contributed by atoms with E-state index in [1.54, 1.807) is 0 Å². The topological polar surface area (TPSA) is 46.2 Å². The number of carbonyl (C=O) groups is 2. The maximum Gasteiger partial charge on any atom is 0.225 e. The van der Waals surface area contributed by atoms with Crippen LogP contribution in [0.5, 0.6) is 0 Å². The van der Waals surface area contributed by atoms with E-state index in [4.69, 9.17) is 0 Å². The van der Waals surface area contributed by atoms with Crippen LogP contribution in [0.15, 0.2) is 70.3 Å². The number of halogens is 1. The van der Waals surface area contributed by atoms with E-state index in [0.29, 0.717) is 19.3 Å². The van der Waals surface area contributed by atoms with Gasteiger partial charge >= 0.3 is 0 Å². The first-order valence-electron chi connectivity index (χ1n) is 8.49. The first-order chi connectivity index (χ1) is 12.1. The van der Waals surface area contributed by atoms with E-state index in [2.05, 4.69) is 33.4 Å². The molecule has 3 nitrogen and oxygen atoms in total. The summed E-state index contributed by atoms with van der Waals surface area (Å²) in [5.41, 5.74) is 3.76. The lowest BCUT2D eigenvalue weighted by atomic mass is 9.73. The fourth-order valence-corrected chi connectivity index (χ4v) is 4.51. The van der Waals surface area contributed by atoms with Crippen LogP contribution in [0.2, 0.25) is 0 Å². The minimum Gasteiger partial charge on any atom is -0.329 e. The Balaban J connectivity index is 1.75. The van der Waals surface area contributed by atoms with E-state index < -0.39 is 0 Å². The Morgan fingerprint density at radius 1 is 0.880 bits per heavy atom. The minimum absolute atomic E-state index is 0.0129. The van der Waals surface area contributed by atoms with Gasteiger partial charge in [-0.05, 0) is 29.5 Å². The van der Waals surface area contributed by atoms with Crippen molar-refractivity contribution in [3.05, 3.63) is 81.5 Å². The van der Waals surface area contributed by atoms with Crippen molar-refractivity contribution in [2.45, 2.75) is 31.1 Å². The van der Waals surface area contributed by atoms with Gasteiger partial charge in [0.2, 0.25) is 5.91 Å². The Morgan fingerprint density at radius 3 is 2.36 bits per heavy atom. The zero-order valence-corrected chi connectivity index (χ0v) is 15.3. The second-order valence-electron chi connectivity index (χ2n) is 6.66. The van der Waals surface area contributed by atoms with Crippen molar-refractivity contribution in [3.63, 3.8) is 0 Å². The van der Waals surface area contributed by atoms with Crippen molar-refractivity contribution < 1.29 is 9.59 Å². The van der Waals surface area contributed by atoms with Crippen LogP contribution in [-0.2, 0) is 9.59 Å². The first-order valence-corrected chi connectivity index (χ1v) is 9.28.